The highest BCUT2D eigenvalue weighted by Crippen LogP contribution is 2.37. The number of H-pyrrole nitrogens is 1. The summed E-state index contributed by atoms with van der Waals surface area (Å²) in [6.07, 6.45) is 0. The van der Waals surface area contributed by atoms with Crippen LogP contribution in [-0.4, -0.2) is 23.2 Å². The van der Waals surface area contributed by atoms with Crippen LogP contribution in [0.3, 0.4) is 0 Å². The lowest BCUT2D eigenvalue weighted by molar-refractivity contribution is 0.0955. The first-order valence-electron chi connectivity index (χ1n) is 7.77. The summed E-state index contributed by atoms with van der Waals surface area (Å²) in [5.41, 5.74) is 5.36. The van der Waals surface area contributed by atoms with E-state index < -0.39 is 0 Å². The van der Waals surface area contributed by atoms with E-state index in [1.54, 1.807) is 7.11 Å². The zero-order valence-corrected chi connectivity index (χ0v) is 13.5. The lowest BCUT2D eigenvalue weighted by Crippen LogP contribution is -2.21. The molecule has 2 heterocycles. The second-order valence-corrected chi connectivity index (χ2v) is 5.91. The molecule has 5 nitrogen and oxygen atoms in total. The lowest BCUT2D eigenvalue weighted by atomic mass is 9.96. The van der Waals surface area contributed by atoms with Crippen molar-refractivity contribution in [2.75, 3.05) is 7.11 Å². The van der Waals surface area contributed by atoms with Crippen LogP contribution in [-0.2, 0) is 0 Å². The maximum atomic E-state index is 12.3. The molecule has 3 aromatic rings. The fraction of sp³-hybridized carbons (Fsp3) is 0.158. The number of amides is 1. The van der Waals surface area contributed by atoms with E-state index in [9.17, 15) is 4.79 Å². The number of aromatic amines is 1. The molecule has 0 aliphatic carbocycles. The molecule has 1 aliphatic heterocycles. The minimum absolute atomic E-state index is 0.135. The minimum Gasteiger partial charge on any atom is -0.497 e. The summed E-state index contributed by atoms with van der Waals surface area (Å²) in [4.78, 5) is 12.3. The fourth-order valence-electron chi connectivity index (χ4n) is 3.08. The number of aryl methyl sites for hydroxylation is 1. The standard InChI is InChI=1S/C19H17N3O2/c1-11-6-8-12(9-7-11)17-15-16(20-19(23)18(15)22-21-17)13-4-3-5-14(10-13)24-2/h3-10,16H,1-2H3,(H,20,23)(H,21,22)/t16-/m0/s1. The number of hydrogen-bond donors (Lipinski definition) is 2. The molecular formula is C19H17N3O2. The summed E-state index contributed by atoms with van der Waals surface area (Å²) >= 11 is 0. The number of carbonyl (C=O) groups is 1. The average molecular weight is 319 g/mol. The Hall–Kier alpha value is -3.08. The van der Waals surface area contributed by atoms with Gasteiger partial charge >= 0.3 is 0 Å². The molecule has 120 valence electrons. The maximum Gasteiger partial charge on any atom is 0.270 e. The molecule has 1 aromatic heterocycles. The number of carbonyl (C=O) groups excluding carboxylic acids is 1. The Bertz CT molecular complexity index is 913. The maximum absolute atomic E-state index is 12.3. The number of rotatable bonds is 3. The smallest absolute Gasteiger partial charge is 0.270 e. The highest BCUT2D eigenvalue weighted by molar-refractivity contribution is 6.00. The Labute approximate surface area is 139 Å². The van der Waals surface area contributed by atoms with Gasteiger partial charge in [0.05, 0.1) is 18.8 Å². The van der Waals surface area contributed by atoms with E-state index in [0.29, 0.717) is 5.69 Å². The number of methoxy groups -OCH3 is 1. The first-order chi connectivity index (χ1) is 11.7. The van der Waals surface area contributed by atoms with Gasteiger partial charge in [0.15, 0.2) is 0 Å². The largest absolute Gasteiger partial charge is 0.497 e. The molecule has 1 atom stereocenters. The van der Waals surface area contributed by atoms with Crippen molar-refractivity contribution < 1.29 is 9.53 Å². The van der Waals surface area contributed by atoms with Crippen LogP contribution in [0.4, 0.5) is 0 Å². The number of ether oxygens (including phenoxy) is 1. The van der Waals surface area contributed by atoms with E-state index in [0.717, 1.165) is 28.1 Å². The summed E-state index contributed by atoms with van der Waals surface area (Å²) in [6.45, 7) is 2.04. The molecule has 1 aliphatic rings. The van der Waals surface area contributed by atoms with Crippen LogP contribution in [0.2, 0.25) is 0 Å². The van der Waals surface area contributed by atoms with Crippen LogP contribution in [0.25, 0.3) is 11.3 Å². The van der Waals surface area contributed by atoms with Gasteiger partial charge in [0.25, 0.3) is 5.91 Å². The van der Waals surface area contributed by atoms with Crippen molar-refractivity contribution in [2.24, 2.45) is 0 Å². The molecule has 1 amide bonds. The van der Waals surface area contributed by atoms with Crippen molar-refractivity contribution in [1.82, 2.24) is 15.5 Å². The van der Waals surface area contributed by atoms with Gasteiger partial charge in [0.2, 0.25) is 0 Å². The summed E-state index contributed by atoms with van der Waals surface area (Å²) in [5, 5.41) is 10.3. The SMILES string of the molecule is COc1cccc([C@@H]2NC(=O)c3[nH]nc(-c4ccc(C)cc4)c32)c1. The third-order valence-electron chi connectivity index (χ3n) is 4.35. The Morgan fingerprint density at radius 3 is 2.67 bits per heavy atom. The van der Waals surface area contributed by atoms with Crippen LogP contribution in [0.5, 0.6) is 5.75 Å². The van der Waals surface area contributed by atoms with Crippen molar-refractivity contribution in [3.05, 3.63) is 70.9 Å². The highest BCUT2D eigenvalue weighted by atomic mass is 16.5. The van der Waals surface area contributed by atoms with E-state index in [-0.39, 0.29) is 11.9 Å². The minimum atomic E-state index is -0.238. The van der Waals surface area contributed by atoms with Crippen molar-refractivity contribution in [3.63, 3.8) is 0 Å². The number of hydrogen-bond acceptors (Lipinski definition) is 3. The van der Waals surface area contributed by atoms with Gasteiger partial charge in [0.1, 0.15) is 11.4 Å². The van der Waals surface area contributed by atoms with Crippen molar-refractivity contribution in [2.45, 2.75) is 13.0 Å². The van der Waals surface area contributed by atoms with Crippen LogP contribution in [0.15, 0.2) is 48.5 Å². The Kier molecular flexibility index (Phi) is 3.34. The van der Waals surface area contributed by atoms with Crippen molar-refractivity contribution in [1.29, 1.82) is 0 Å². The predicted octanol–water partition coefficient (Wildman–Crippen LogP) is 3.23. The van der Waals surface area contributed by atoms with Crippen molar-refractivity contribution in [3.8, 4) is 17.0 Å². The second kappa shape index (κ2) is 5.53. The van der Waals surface area contributed by atoms with Crippen LogP contribution in [0, 0.1) is 6.92 Å². The molecule has 4 rings (SSSR count). The molecule has 0 radical (unpaired) electrons. The third-order valence-corrected chi connectivity index (χ3v) is 4.35. The number of nitrogens with one attached hydrogen (secondary N) is 2. The quantitative estimate of drug-likeness (QED) is 0.779. The van der Waals surface area contributed by atoms with Gasteiger partial charge in [-0.05, 0) is 24.6 Å². The van der Waals surface area contributed by atoms with Gasteiger partial charge in [-0.2, -0.15) is 5.10 Å². The first-order valence-corrected chi connectivity index (χ1v) is 7.77. The summed E-state index contributed by atoms with van der Waals surface area (Å²) in [7, 11) is 1.63. The van der Waals surface area contributed by atoms with Gasteiger partial charge in [0, 0.05) is 11.1 Å². The monoisotopic (exact) mass is 319 g/mol. The van der Waals surface area contributed by atoms with E-state index in [4.69, 9.17) is 4.74 Å². The van der Waals surface area contributed by atoms with Crippen LogP contribution in [0.1, 0.15) is 33.2 Å². The molecule has 0 bridgehead atoms. The van der Waals surface area contributed by atoms with Crippen molar-refractivity contribution >= 4 is 5.91 Å². The van der Waals surface area contributed by atoms with Gasteiger partial charge < -0.3 is 10.1 Å². The first kappa shape index (κ1) is 14.5. The number of aromatic nitrogens is 2. The van der Waals surface area contributed by atoms with E-state index >= 15 is 0 Å². The number of benzene rings is 2. The molecule has 2 aromatic carbocycles. The van der Waals surface area contributed by atoms with Gasteiger partial charge in [-0.3, -0.25) is 9.89 Å². The van der Waals surface area contributed by atoms with E-state index in [2.05, 4.69) is 15.5 Å². The molecule has 0 spiro atoms. The molecule has 0 saturated carbocycles. The molecule has 24 heavy (non-hydrogen) atoms. The van der Waals surface area contributed by atoms with E-state index in [1.807, 2.05) is 55.5 Å². The summed E-state index contributed by atoms with van der Waals surface area (Å²) in [6, 6.07) is 15.6. The molecule has 5 heteroatoms. The second-order valence-electron chi connectivity index (χ2n) is 5.91. The normalized spacial score (nSPS) is 15.9. The van der Waals surface area contributed by atoms with Crippen LogP contribution < -0.4 is 10.1 Å². The zero-order valence-electron chi connectivity index (χ0n) is 13.5. The molecular weight excluding hydrogens is 302 g/mol. The van der Waals surface area contributed by atoms with Gasteiger partial charge in [-0.15, -0.1) is 0 Å². The third kappa shape index (κ3) is 2.25. The Balaban J connectivity index is 1.83. The highest BCUT2D eigenvalue weighted by Gasteiger charge is 2.35. The lowest BCUT2D eigenvalue weighted by Gasteiger charge is -2.14. The summed E-state index contributed by atoms with van der Waals surface area (Å²) in [5.74, 6) is 0.624. The molecule has 0 unspecified atom stereocenters. The number of nitrogens with zero attached hydrogens (tertiary/aromatic N) is 1. The topological polar surface area (TPSA) is 67.0 Å². The number of fused-ring (bicyclic) bond motifs is 1. The fourth-order valence-corrected chi connectivity index (χ4v) is 3.08. The van der Waals surface area contributed by atoms with E-state index in [1.165, 1.54) is 5.56 Å². The van der Waals surface area contributed by atoms with Gasteiger partial charge in [-0.1, -0.05) is 42.0 Å². The Morgan fingerprint density at radius 1 is 1.12 bits per heavy atom. The molecule has 0 fully saturated rings. The van der Waals surface area contributed by atoms with Crippen LogP contribution >= 0.6 is 0 Å². The van der Waals surface area contributed by atoms with Gasteiger partial charge in [-0.25, -0.2) is 0 Å². The predicted molar refractivity (Wildman–Crippen MR) is 91.1 cm³/mol. The zero-order chi connectivity index (χ0) is 16.7. The molecule has 2 N–H and O–H groups in total. The Morgan fingerprint density at radius 2 is 1.92 bits per heavy atom. The molecule has 0 saturated heterocycles. The summed E-state index contributed by atoms with van der Waals surface area (Å²) < 4.78 is 5.30. The average Bonchev–Trinajstić information content (AvgIpc) is 3.17.